The molecule has 7 heteroatoms. The fourth-order valence-electron chi connectivity index (χ4n) is 0.886. The maximum atomic E-state index is 10.8. The summed E-state index contributed by atoms with van der Waals surface area (Å²) < 4.78 is 0. The summed E-state index contributed by atoms with van der Waals surface area (Å²) >= 11 is 0. The van der Waals surface area contributed by atoms with Crippen LogP contribution in [-0.2, 0) is 11.2 Å². The van der Waals surface area contributed by atoms with Crippen LogP contribution in [0.5, 0.6) is 5.88 Å². The summed E-state index contributed by atoms with van der Waals surface area (Å²) in [6, 6.07) is -0.268. The van der Waals surface area contributed by atoms with Crippen molar-refractivity contribution in [1.29, 1.82) is 0 Å². The van der Waals surface area contributed by atoms with Gasteiger partial charge in [-0.05, 0) is 0 Å². The highest BCUT2D eigenvalue weighted by Crippen LogP contribution is 2.00. The largest absolute Gasteiger partial charge is 0.493 e. The van der Waals surface area contributed by atoms with Gasteiger partial charge in [0.25, 0.3) is 5.56 Å². The molecule has 1 atom stereocenters. The summed E-state index contributed by atoms with van der Waals surface area (Å²) in [7, 11) is 0. The molecule has 0 saturated carbocycles. The second-order valence-electron chi connectivity index (χ2n) is 2.70. The van der Waals surface area contributed by atoms with Gasteiger partial charge in [0, 0.05) is 6.42 Å². The Morgan fingerprint density at radius 3 is 2.86 bits per heavy atom. The van der Waals surface area contributed by atoms with Crippen molar-refractivity contribution < 1.29 is 15.0 Å². The predicted octanol–water partition coefficient (Wildman–Crippen LogP) is -1.57. The molecule has 0 bridgehead atoms. The van der Waals surface area contributed by atoms with E-state index in [0.717, 1.165) is 6.07 Å². The second-order valence-corrected chi connectivity index (χ2v) is 2.70. The first kappa shape index (κ1) is 10.2. The number of hydrogen-bond acceptors (Lipinski definition) is 5. The van der Waals surface area contributed by atoms with Gasteiger partial charge in [-0.15, -0.1) is 0 Å². The molecule has 7 nitrogen and oxygen atoms in total. The highest BCUT2D eigenvalue weighted by molar-refractivity contribution is 5.73. The van der Waals surface area contributed by atoms with Crippen LogP contribution < -0.4 is 11.3 Å². The molecule has 1 aromatic heterocycles. The zero-order chi connectivity index (χ0) is 10.7. The van der Waals surface area contributed by atoms with E-state index in [1.165, 1.54) is 0 Å². The number of carboxylic acids is 1. The van der Waals surface area contributed by atoms with Gasteiger partial charge in [0.1, 0.15) is 11.9 Å². The topological polar surface area (TPSA) is 129 Å². The predicted molar refractivity (Wildman–Crippen MR) is 45.8 cm³/mol. The number of hydrogen-bond donors (Lipinski definition) is 4. The van der Waals surface area contributed by atoms with Crippen molar-refractivity contribution >= 4 is 5.97 Å². The smallest absolute Gasteiger partial charge is 0.320 e. The average molecular weight is 199 g/mol. The number of nitrogens with two attached hydrogens (primary N) is 1. The summed E-state index contributed by atoms with van der Waals surface area (Å²) in [5.74, 6) is -1.61. The molecule has 0 amide bonds. The minimum atomic E-state index is -1.20. The molecule has 0 aromatic carbocycles. The van der Waals surface area contributed by atoms with E-state index in [0.29, 0.717) is 0 Å². The molecule has 0 unspecified atom stereocenters. The molecule has 1 aromatic rings. The Morgan fingerprint density at radius 2 is 2.36 bits per heavy atom. The molecule has 0 radical (unpaired) electrons. The lowest BCUT2D eigenvalue weighted by atomic mass is 10.2. The van der Waals surface area contributed by atoms with Gasteiger partial charge in [-0.3, -0.25) is 9.59 Å². The fourth-order valence-corrected chi connectivity index (χ4v) is 0.886. The Labute approximate surface area is 78.2 Å². The number of aromatic nitrogens is 2. The second kappa shape index (κ2) is 3.88. The van der Waals surface area contributed by atoms with Crippen LogP contribution in [0.2, 0.25) is 0 Å². The van der Waals surface area contributed by atoms with Gasteiger partial charge < -0.3 is 20.9 Å². The summed E-state index contributed by atoms with van der Waals surface area (Å²) in [6.07, 6.45) is -0.140. The number of nitrogens with zero attached hydrogens (tertiary/aromatic N) is 1. The number of rotatable bonds is 3. The normalized spacial score (nSPS) is 12.4. The molecule has 0 saturated heterocycles. The first-order chi connectivity index (χ1) is 6.49. The van der Waals surface area contributed by atoms with E-state index in [1.54, 1.807) is 0 Å². The number of aromatic hydroxyl groups is 1. The van der Waals surface area contributed by atoms with Crippen LogP contribution in [0.1, 0.15) is 5.82 Å². The molecule has 0 aliphatic rings. The monoisotopic (exact) mass is 199 g/mol. The summed E-state index contributed by atoms with van der Waals surface area (Å²) in [6.45, 7) is 0. The number of nitrogens with one attached hydrogen (secondary N) is 1. The molecule has 5 N–H and O–H groups in total. The van der Waals surface area contributed by atoms with E-state index in [1.807, 2.05) is 0 Å². The Kier molecular flexibility index (Phi) is 2.82. The lowest BCUT2D eigenvalue weighted by Gasteiger charge is -2.04. The summed E-state index contributed by atoms with van der Waals surface area (Å²) in [4.78, 5) is 27.0. The highest BCUT2D eigenvalue weighted by atomic mass is 16.4. The van der Waals surface area contributed by atoms with Gasteiger partial charge in [-0.25, -0.2) is 4.98 Å². The van der Waals surface area contributed by atoms with Gasteiger partial charge in [-0.2, -0.15) is 0 Å². The first-order valence-electron chi connectivity index (χ1n) is 3.76. The number of aliphatic carboxylic acids is 1. The molecule has 76 valence electrons. The van der Waals surface area contributed by atoms with E-state index in [4.69, 9.17) is 15.9 Å². The fraction of sp³-hybridized carbons (Fsp3) is 0.286. The van der Waals surface area contributed by atoms with Gasteiger partial charge >= 0.3 is 5.97 Å². The molecule has 0 spiro atoms. The summed E-state index contributed by atoms with van der Waals surface area (Å²) in [5.41, 5.74) is 4.65. The van der Waals surface area contributed by atoms with Gasteiger partial charge in [0.05, 0.1) is 6.07 Å². The molecule has 0 aliphatic carbocycles. The van der Waals surface area contributed by atoms with Crippen LogP contribution >= 0.6 is 0 Å². The van der Waals surface area contributed by atoms with E-state index in [9.17, 15) is 9.59 Å². The SMILES string of the molecule is N[C@@H](Cc1nc(O)cc(=O)[nH]1)C(=O)O. The van der Waals surface area contributed by atoms with Crippen molar-refractivity contribution in [1.82, 2.24) is 9.97 Å². The van der Waals surface area contributed by atoms with Crippen molar-refractivity contribution in [3.8, 4) is 5.88 Å². The molecule has 0 fully saturated rings. The maximum Gasteiger partial charge on any atom is 0.320 e. The minimum Gasteiger partial charge on any atom is -0.493 e. The van der Waals surface area contributed by atoms with E-state index < -0.39 is 23.5 Å². The maximum absolute atomic E-state index is 10.8. The third-order valence-electron chi connectivity index (χ3n) is 1.51. The zero-order valence-corrected chi connectivity index (χ0v) is 7.10. The molecule has 0 aliphatic heterocycles. The van der Waals surface area contributed by atoms with Crippen molar-refractivity contribution in [3.05, 3.63) is 22.2 Å². The van der Waals surface area contributed by atoms with E-state index in [2.05, 4.69) is 9.97 Å². The number of aromatic amines is 1. The lowest BCUT2D eigenvalue weighted by Crippen LogP contribution is -2.33. The zero-order valence-electron chi connectivity index (χ0n) is 7.10. The van der Waals surface area contributed by atoms with Gasteiger partial charge in [0.15, 0.2) is 0 Å². The van der Waals surface area contributed by atoms with E-state index in [-0.39, 0.29) is 12.2 Å². The Balaban J connectivity index is 2.87. The van der Waals surface area contributed by atoms with Crippen LogP contribution in [0.25, 0.3) is 0 Å². The van der Waals surface area contributed by atoms with Crippen molar-refractivity contribution in [2.24, 2.45) is 5.73 Å². The quantitative estimate of drug-likeness (QED) is 0.465. The van der Waals surface area contributed by atoms with Crippen molar-refractivity contribution in [2.45, 2.75) is 12.5 Å². The number of H-pyrrole nitrogens is 1. The number of carboxylic acid groups (broad SMARTS) is 1. The minimum absolute atomic E-state index is 0.0462. The van der Waals surface area contributed by atoms with Crippen LogP contribution in [0.4, 0.5) is 0 Å². The van der Waals surface area contributed by atoms with Crippen molar-refractivity contribution in [2.75, 3.05) is 0 Å². The first-order valence-corrected chi connectivity index (χ1v) is 3.76. The van der Waals surface area contributed by atoms with Crippen LogP contribution in [0, 0.1) is 0 Å². The summed E-state index contributed by atoms with van der Waals surface area (Å²) in [5, 5.41) is 17.4. The van der Waals surface area contributed by atoms with Gasteiger partial charge in [0.2, 0.25) is 5.88 Å². The Morgan fingerprint density at radius 1 is 1.71 bits per heavy atom. The molecular weight excluding hydrogens is 190 g/mol. The van der Waals surface area contributed by atoms with Crippen LogP contribution in [0.15, 0.2) is 10.9 Å². The Bertz CT molecular complexity index is 400. The third kappa shape index (κ3) is 2.56. The molecule has 1 heterocycles. The third-order valence-corrected chi connectivity index (χ3v) is 1.51. The lowest BCUT2D eigenvalue weighted by molar-refractivity contribution is -0.138. The van der Waals surface area contributed by atoms with Crippen LogP contribution in [-0.4, -0.2) is 32.2 Å². The Hall–Kier alpha value is -1.89. The average Bonchev–Trinajstić information content (AvgIpc) is 2.01. The standard InChI is InChI=1S/C7H9N3O4/c8-3(7(13)14)1-4-9-5(11)2-6(12)10-4/h2-3H,1,8H2,(H,13,14)(H2,9,10,11,12)/t3-/m0/s1. The van der Waals surface area contributed by atoms with Crippen molar-refractivity contribution in [3.63, 3.8) is 0 Å². The van der Waals surface area contributed by atoms with Crippen LogP contribution in [0.3, 0.4) is 0 Å². The van der Waals surface area contributed by atoms with Gasteiger partial charge in [-0.1, -0.05) is 0 Å². The van der Waals surface area contributed by atoms with E-state index >= 15 is 0 Å². The molecule has 1 rings (SSSR count). The number of carbonyl (C=O) groups is 1. The highest BCUT2D eigenvalue weighted by Gasteiger charge is 2.13. The molecular formula is C7H9N3O4. The molecule has 14 heavy (non-hydrogen) atoms.